The molecule has 0 spiro atoms. The van der Waals surface area contributed by atoms with Gasteiger partial charge in [0.2, 0.25) is 5.91 Å². The van der Waals surface area contributed by atoms with Crippen molar-refractivity contribution in [3.8, 4) is 0 Å². The molecule has 1 N–H and O–H groups in total. The Kier molecular flexibility index (Phi) is 1.13. The van der Waals surface area contributed by atoms with E-state index >= 15 is 0 Å². The van der Waals surface area contributed by atoms with E-state index in [0.29, 0.717) is 6.04 Å². The first kappa shape index (κ1) is 5.71. The van der Waals surface area contributed by atoms with Crippen molar-refractivity contribution in [3.63, 3.8) is 0 Å². The Balaban J connectivity index is 2.17. The van der Waals surface area contributed by atoms with Crippen LogP contribution in [-0.2, 0) is 4.79 Å². The van der Waals surface area contributed by atoms with Crippen LogP contribution in [0.25, 0.3) is 0 Å². The number of hydrogen-bond donors (Lipinski definition) is 1. The number of fused-ring (bicyclic) bond motifs is 1. The van der Waals surface area contributed by atoms with Gasteiger partial charge in [0.15, 0.2) is 0 Å². The zero-order chi connectivity index (χ0) is 6.97. The van der Waals surface area contributed by atoms with Crippen LogP contribution >= 0.6 is 0 Å². The fourth-order valence-electron chi connectivity index (χ4n) is 1.37. The molecule has 1 amide bonds. The summed E-state index contributed by atoms with van der Waals surface area (Å²) in [6, 6.07) is 0.377. The van der Waals surface area contributed by atoms with E-state index in [1.54, 1.807) is 0 Å². The Labute approximate surface area is 59.6 Å². The molecule has 2 unspecified atom stereocenters. The summed E-state index contributed by atoms with van der Waals surface area (Å²) in [5.41, 5.74) is 0. The summed E-state index contributed by atoms with van der Waals surface area (Å²) in [4.78, 5) is 10.8. The van der Waals surface area contributed by atoms with Crippen LogP contribution in [0.3, 0.4) is 0 Å². The van der Waals surface area contributed by atoms with Gasteiger partial charge in [-0.2, -0.15) is 0 Å². The van der Waals surface area contributed by atoms with Crippen LogP contribution in [0.1, 0.15) is 6.42 Å². The average molecular weight is 135 g/mol. The van der Waals surface area contributed by atoms with Crippen molar-refractivity contribution in [2.24, 2.45) is 5.92 Å². The summed E-state index contributed by atoms with van der Waals surface area (Å²) >= 11 is 0. The van der Waals surface area contributed by atoms with E-state index < -0.39 is 0 Å². The lowest BCUT2D eigenvalue weighted by atomic mass is 9.89. The van der Waals surface area contributed by atoms with Crippen LogP contribution in [0.15, 0.2) is 24.3 Å². The average Bonchev–Trinajstić information content (AvgIpc) is 2.09. The number of carbonyl (C=O) groups excluding carboxylic acids is 1. The SMILES string of the molecule is O=C1NC2CC=CC=CC12. The van der Waals surface area contributed by atoms with Gasteiger partial charge in [-0.3, -0.25) is 4.79 Å². The number of rotatable bonds is 0. The second-order valence-electron chi connectivity index (χ2n) is 2.69. The third-order valence-electron chi connectivity index (χ3n) is 2.02. The Bertz CT molecular complexity index is 217. The van der Waals surface area contributed by atoms with Crippen molar-refractivity contribution in [2.45, 2.75) is 12.5 Å². The van der Waals surface area contributed by atoms with Crippen molar-refractivity contribution >= 4 is 5.91 Å². The van der Waals surface area contributed by atoms with Gasteiger partial charge in [0, 0.05) is 6.04 Å². The number of nitrogens with one attached hydrogen (secondary N) is 1. The van der Waals surface area contributed by atoms with Crippen molar-refractivity contribution in [3.05, 3.63) is 24.3 Å². The molecule has 2 atom stereocenters. The highest BCUT2D eigenvalue weighted by Gasteiger charge is 2.36. The maximum absolute atomic E-state index is 10.8. The van der Waals surface area contributed by atoms with Crippen molar-refractivity contribution < 1.29 is 4.79 Å². The zero-order valence-electron chi connectivity index (χ0n) is 5.58. The topological polar surface area (TPSA) is 29.1 Å². The smallest absolute Gasteiger partial charge is 0.229 e. The standard InChI is InChI=1S/C8H9NO/c10-8-6-4-2-1-3-5-7(6)9-8/h1-4,6-7H,5H2,(H,9,10). The number of β-lactam (4-membered cyclic amide) rings is 1. The lowest BCUT2D eigenvalue weighted by Crippen LogP contribution is -2.56. The molecule has 10 heavy (non-hydrogen) atoms. The molecule has 0 bridgehead atoms. The highest BCUT2D eigenvalue weighted by Crippen LogP contribution is 2.21. The molecule has 1 aliphatic heterocycles. The highest BCUT2D eigenvalue weighted by molar-refractivity contribution is 5.87. The molecule has 2 nitrogen and oxygen atoms in total. The van der Waals surface area contributed by atoms with Crippen LogP contribution in [0.5, 0.6) is 0 Å². The van der Waals surface area contributed by atoms with Gasteiger partial charge in [-0.15, -0.1) is 0 Å². The minimum absolute atomic E-state index is 0.148. The fraction of sp³-hybridized carbons (Fsp3) is 0.375. The third kappa shape index (κ3) is 0.685. The molecule has 1 saturated heterocycles. The Morgan fingerprint density at radius 3 is 3.20 bits per heavy atom. The first-order valence-electron chi connectivity index (χ1n) is 3.51. The van der Waals surface area contributed by atoms with Gasteiger partial charge in [0.1, 0.15) is 0 Å². The summed E-state index contributed by atoms with van der Waals surface area (Å²) < 4.78 is 0. The van der Waals surface area contributed by atoms with Crippen LogP contribution in [0, 0.1) is 5.92 Å². The molecule has 52 valence electrons. The van der Waals surface area contributed by atoms with Gasteiger partial charge in [0.05, 0.1) is 5.92 Å². The molecule has 1 heterocycles. The number of amides is 1. The lowest BCUT2D eigenvalue weighted by Gasteiger charge is -2.33. The van der Waals surface area contributed by atoms with Gasteiger partial charge < -0.3 is 5.32 Å². The molecule has 0 aromatic rings. The van der Waals surface area contributed by atoms with Crippen LogP contribution in [0.2, 0.25) is 0 Å². The summed E-state index contributed by atoms with van der Waals surface area (Å²) in [5.74, 6) is 0.319. The molecule has 0 aromatic heterocycles. The fourth-order valence-corrected chi connectivity index (χ4v) is 1.37. The largest absolute Gasteiger partial charge is 0.351 e. The van der Waals surface area contributed by atoms with Gasteiger partial charge >= 0.3 is 0 Å². The van der Waals surface area contributed by atoms with Gasteiger partial charge in [0.25, 0.3) is 0 Å². The second-order valence-corrected chi connectivity index (χ2v) is 2.69. The minimum atomic E-state index is 0.148. The molecule has 2 rings (SSSR count). The van der Waals surface area contributed by atoms with E-state index in [4.69, 9.17) is 0 Å². The van der Waals surface area contributed by atoms with E-state index in [9.17, 15) is 4.79 Å². The molecule has 0 radical (unpaired) electrons. The Morgan fingerprint density at radius 2 is 2.40 bits per heavy atom. The highest BCUT2D eigenvalue weighted by atomic mass is 16.2. The summed E-state index contributed by atoms with van der Waals surface area (Å²) in [7, 11) is 0. The van der Waals surface area contributed by atoms with E-state index in [2.05, 4.69) is 11.4 Å². The summed E-state index contributed by atoms with van der Waals surface area (Å²) in [6.07, 6.45) is 8.97. The maximum atomic E-state index is 10.8. The second kappa shape index (κ2) is 1.97. The summed E-state index contributed by atoms with van der Waals surface area (Å²) in [6.45, 7) is 0. The van der Waals surface area contributed by atoms with E-state index in [1.165, 1.54) is 0 Å². The normalized spacial score (nSPS) is 35.8. The molecule has 2 aliphatic rings. The molecular weight excluding hydrogens is 126 g/mol. The monoisotopic (exact) mass is 135 g/mol. The van der Waals surface area contributed by atoms with E-state index in [1.807, 2.05) is 18.2 Å². The Hall–Kier alpha value is -1.05. The van der Waals surface area contributed by atoms with E-state index in [0.717, 1.165) is 6.42 Å². The van der Waals surface area contributed by atoms with Crippen molar-refractivity contribution in [1.82, 2.24) is 5.32 Å². The van der Waals surface area contributed by atoms with Crippen LogP contribution in [0.4, 0.5) is 0 Å². The third-order valence-corrected chi connectivity index (χ3v) is 2.02. The van der Waals surface area contributed by atoms with Crippen LogP contribution < -0.4 is 5.32 Å². The van der Waals surface area contributed by atoms with Crippen LogP contribution in [-0.4, -0.2) is 11.9 Å². The number of carbonyl (C=O) groups is 1. The van der Waals surface area contributed by atoms with Gasteiger partial charge in [-0.25, -0.2) is 0 Å². The molecule has 0 aromatic carbocycles. The predicted molar refractivity (Wildman–Crippen MR) is 38.3 cm³/mol. The first-order valence-corrected chi connectivity index (χ1v) is 3.51. The van der Waals surface area contributed by atoms with Gasteiger partial charge in [-0.05, 0) is 6.42 Å². The molecular formula is C8H9NO. The van der Waals surface area contributed by atoms with Crippen molar-refractivity contribution in [1.29, 1.82) is 0 Å². The summed E-state index contributed by atoms with van der Waals surface area (Å²) in [5, 5.41) is 2.84. The molecule has 1 aliphatic carbocycles. The van der Waals surface area contributed by atoms with Crippen molar-refractivity contribution in [2.75, 3.05) is 0 Å². The molecule has 2 heteroatoms. The number of hydrogen-bond acceptors (Lipinski definition) is 1. The lowest BCUT2D eigenvalue weighted by molar-refractivity contribution is -0.132. The van der Waals surface area contributed by atoms with E-state index in [-0.39, 0.29) is 11.8 Å². The molecule has 0 saturated carbocycles. The van der Waals surface area contributed by atoms with Gasteiger partial charge in [-0.1, -0.05) is 24.3 Å². The number of allylic oxidation sites excluding steroid dienone is 2. The minimum Gasteiger partial charge on any atom is -0.351 e. The zero-order valence-corrected chi connectivity index (χ0v) is 5.58. The first-order chi connectivity index (χ1) is 4.88. The quantitative estimate of drug-likeness (QED) is 0.485. The maximum Gasteiger partial charge on any atom is 0.229 e. The Morgan fingerprint density at radius 1 is 1.50 bits per heavy atom. The predicted octanol–water partition coefficient (Wildman–Crippen LogP) is 0.617. The molecule has 1 fully saturated rings.